The Labute approximate surface area is 165 Å². The summed E-state index contributed by atoms with van der Waals surface area (Å²) in [6.07, 6.45) is 2.85. The lowest BCUT2D eigenvalue weighted by atomic mass is 9.95. The first-order valence-corrected chi connectivity index (χ1v) is 9.02. The van der Waals surface area contributed by atoms with E-state index >= 15 is 0 Å². The summed E-state index contributed by atoms with van der Waals surface area (Å²) in [6.45, 7) is 2.53. The fourth-order valence-electron chi connectivity index (χ4n) is 3.56. The van der Waals surface area contributed by atoms with E-state index in [0.29, 0.717) is 6.54 Å². The van der Waals surface area contributed by atoms with Crippen molar-refractivity contribution in [3.63, 3.8) is 0 Å². The van der Waals surface area contributed by atoms with Gasteiger partial charge in [0.25, 0.3) is 5.91 Å². The third-order valence-electron chi connectivity index (χ3n) is 5.04. The highest BCUT2D eigenvalue weighted by Gasteiger charge is 2.31. The number of rotatable bonds is 4. The van der Waals surface area contributed by atoms with Crippen LogP contribution < -0.4 is 10.5 Å². The van der Waals surface area contributed by atoms with Crippen LogP contribution in [-0.2, 0) is 0 Å². The molecule has 2 aromatic rings. The maximum Gasteiger partial charge on any atom is 0.257 e. The molecule has 2 atom stereocenters. The molecule has 4 nitrogen and oxygen atoms in total. The van der Waals surface area contributed by atoms with Crippen molar-refractivity contribution in [3.05, 3.63) is 53.8 Å². The van der Waals surface area contributed by atoms with E-state index in [0.717, 1.165) is 36.1 Å². The number of methoxy groups -OCH3 is 1. The Morgan fingerprint density at radius 1 is 1.19 bits per heavy atom. The highest BCUT2D eigenvalue weighted by molar-refractivity contribution is 5.95. The predicted molar refractivity (Wildman–Crippen MR) is 108 cm³/mol. The normalized spacial score (nSPS) is 17.8. The average molecular weight is 393 g/mol. The molecule has 1 aliphatic rings. The molecule has 1 fully saturated rings. The molecule has 6 heteroatoms. The smallest absolute Gasteiger partial charge is 0.257 e. The van der Waals surface area contributed by atoms with E-state index in [1.165, 1.54) is 6.07 Å². The quantitative estimate of drug-likeness (QED) is 0.845. The van der Waals surface area contributed by atoms with Crippen LogP contribution in [0.5, 0.6) is 5.75 Å². The minimum atomic E-state index is -0.502. The summed E-state index contributed by atoms with van der Waals surface area (Å²) >= 11 is 0. The lowest BCUT2D eigenvalue weighted by Crippen LogP contribution is -2.51. The summed E-state index contributed by atoms with van der Waals surface area (Å²) in [5.41, 5.74) is 7.74. The number of amides is 1. The van der Waals surface area contributed by atoms with Crippen molar-refractivity contribution in [2.24, 2.45) is 5.73 Å². The molecule has 0 saturated carbocycles. The molecule has 3 rings (SSSR count). The fraction of sp³-hybridized carbons (Fsp3) is 0.381. The van der Waals surface area contributed by atoms with Crippen molar-refractivity contribution >= 4 is 18.3 Å². The van der Waals surface area contributed by atoms with Gasteiger partial charge in [0, 0.05) is 18.6 Å². The van der Waals surface area contributed by atoms with E-state index in [4.69, 9.17) is 10.5 Å². The number of likely N-dealkylation sites (tertiary alicyclic amines) is 1. The maximum absolute atomic E-state index is 14.7. The summed E-state index contributed by atoms with van der Waals surface area (Å²) in [5, 5.41) is 0. The summed E-state index contributed by atoms with van der Waals surface area (Å²) in [4.78, 5) is 14.6. The van der Waals surface area contributed by atoms with Crippen LogP contribution in [0.1, 0.15) is 36.5 Å². The standard InChI is InChI=1S/C21H25FN2O2.ClH/c1-14(23)20-5-3-4-12-24(20)21(25)18-11-8-16(13-19(18)22)15-6-9-17(26-2)10-7-15;/h6-11,13-14,20H,3-5,12,23H2,1-2H3;1H. The molecule has 0 spiro atoms. The molecule has 27 heavy (non-hydrogen) atoms. The van der Waals surface area contributed by atoms with Crippen molar-refractivity contribution in [2.75, 3.05) is 13.7 Å². The average Bonchev–Trinajstić information content (AvgIpc) is 2.67. The zero-order valence-corrected chi connectivity index (χ0v) is 16.5. The Morgan fingerprint density at radius 2 is 1.85 bits per heavy atom. The van der Waals surface area contributed by atoms with Gasteiger partial charge < -0.3 is 15.4 Å². The van der Waals surface area contributed by atoms with Crippen molar-refractivity contribution in [3.8, 4) is 16.9 Å². The van der Waals surface area contributed by atoms with Crippen LogP contribution in [0.25, 0.3) is 11.1 Å². The molecule has 1 aliphatic heterocycles. The van der Waals surface area contributed by atoms with E-state index < -0.39 is 5.82 Å². The van der Waals surface area contributed by atoms with Crippen LogP contribution in [0.4, 0.5) is 4.39 Å². The molecule has 1 amide bonds. The van der Waals surface area contributed by atoms with Gasteiger partial charge in [0.1, 0.15) is 11.6 Å². The molecule has 0 radical (unpaired) electrons. The number of carbonyl (C=O) groups excluding carboxylic acids is 1. The number of carbonyl (C=O) groups is 1. The van der Waals surface area contributed by atoms with Crippen LogP contribution in [0.15, 0.2) is 42.5 Å². The highest BCUT2D eigenvalue weighted by Crippen LogP contribution is 2.27. The first kappa shape index (κ1) is 21.2. The minimum absolute atomic E-state index is 0. The molecular formula is C21H26ClFN2O2. The van der Waals surface area contributed by atoms with Gasteiger partial charge in [0.05, 0.1) is 12.7 Å². The van der Waals surface area contributed by atoms with E-state index in [1.54, 1.807) is 24.1 Å². The molecular weight excluding hydrogens is 367 g/mol. The summed E-state index contributed by atoms with van der Waals surface area (Å²) < 4.78 is 19.9. The molecule has 1 heterocycles. The molecule has 2 N–H and O–H groups in total. The van der Waals surface area contributed by atoms with Gasteiger partial charge >= 0.3 is 0 Å². The molecule has 2 aromatic carbocycles. The van der Waals surface area contributed by atoms with E-state index in [1.807, 2.05) is 31.2 Å². The maximum atomic E-state index is 14.7. The van der Waals surface area contributed by atoms with Crippen molar-refractivity contribution in [2.45, 2.75) is 38.3 Å². The molecule has 0 bridgehead atoms. The monoisotopic (exact) mass is 392 g/mol. The zero-order chi connectivity index (χ0) is 18.7. The first-order valence-electron chi connectivity index (χ1n) is 9.02. The number of nitrogens with zero attached hydrogens (tertiary/aromatic N) is 1. The van der Waals surface area contributed by atoms with Crippen molar-refractivity contribution < 1.29 is 13.9 Å². The second-order valence-electron chi connectivity index (χ2n) is 6.84. The fourth-order valence-corrected chi connectivity index (χ4v) is 3.56. The Morgan fingerprint density at radius 3 is 2.44 bits per heavy atom. The Balaban J connectivity index is 0.00000261. The van der Waals surface area contributed by atoms with Gasteiger partial charge in [-0.15, -0.1) is 12.4 Å². The van der Waals surface area contributed by atoms with Gasteiger partial charge in [0.15, 0.2) is 0 Å². The van der Waals surface area contributed by atoms with Gasteiger partial charge in [0.2, 0.25) is 0 Å². The highest BCUT2D eigenvalue weighted by atomic mass is 35.5. The van der Waals surface area contributed by atoms with Crippen LogP contribution >= 0.6 is 12.4 Å². The van der Waals surface area contributed by atoms with Crippen molar-refractivity contribution in [1.29, 1.82) is 0 Å². The summed E-state index contributed by atoms with van der Waals surface area (Å²) in [6, 6.07) is 12.0. The van der Waals surface area contributed by atoms with Crippen molar-refractivity contribution in [1.82, 2.24) is 4.90 Å². The Bertz CT molecular complexity index is 780. The van der Waals surface area contributed by atoms with Gasteiger partial charge in [-0.25, -0.2) is 4.39 Å². The number of benzene rings is 2. The number of hydrogen-bond acceptors (Lipinski definition) is 3. The van der Waals surface area contributed by atoms with E-state index in [-0.39, 0.29) is 36.0 Å². The second kappa shape index (κ2) is 9.20. The molecule has 2 unspecified atom stereocenters. The van der Waals surface area contributed by atoms with E-state index in [2.05, 4.69) is 0 Å². The second-order valence-corrected chi connectivity index (χ2v) is 6.84. The number of ether oxygens (including phenoxy) is 1. The molecule has 146 valence electrons. The van der Waals surface area contributed by atoms with Gasteiger partial charge in [-0.3, -0.25) is 4.79 Å². The summed E-state index contributed by atoms with van der Waals surface area (Å²) in [5.74, 6) is -0.0313. The van der Waals surface area contributed by atoms with E-state index in [9.17, 15) is 9.18 Å². The number of nitrogens with two attached hydrogens (primary N) is 1. The predicted octanol–water partition coefficient (Wildman–Crippen LogP) is 4.27. The topological polar surface area (TPSA) is 55.6 Å². The number of piperidine rings is 1. The molecule has 0 aromatic heterocycles. The van der Waals surface area contributed by atoms with Crippen LogP contribution in [0, 0.1) is 5.82 Å². The SMILES string of the molecule is COc1ccc(-c2ccc(C(=O)N3CCCCC3C(C)N)c(F)c2)cc1.Cl. The zero-order valence-electron chi connectivity index (χ0n) is 15.7. The number of hydrogen-bond donors (Lipinski definition) is 1. The lowest BCUT2D eigenvalue weighted by Gasteiger charge is -2.38. The lowest BCUT2D eigenvalue weighted by molar-refractivity contribution is 0.0579. The van der Waals surface area contributed by atoms with Crippen LogP contribution in [-0.4, -0.2) is 36.5 Å². The molecule has 1 saturated heterocycles. The van der Waals surface area contributed by atoms with Gasteiger partial charge in [-0.05, 0) is 61.6 Å². The van der Waals surface area contributed by atoms with Gasteiger partial charge in [-0.2, -0.15) is 0 Å². The third-order valence-corrected chi connectivity index (χ3v) is 5.04. The summed E-state index contributed by atoms with van der Waals surface area (Å²) in [7, 11) is 1.60. The molecule has 0 aliphatic carbocycles. The largest absolute Gasteiger partial charge is 0.497 e. The number of halogens is 2. The van der Waals surface area contributed by atoms with Gasteiger partial charge in [-0.1, -0.05) is 18.2 Å². The van der Waals surface area contributed by atoms with Crippen LogP contribution in [0.2, 0.25) is 0 Å². The Kier molecular flexibility index (Phi) is 7.22. The van der Waals surface area contributed by atoms with Crippen LogP contribution in [0.3, 0.4) is 0 Å². The minimum Gasteiger partial charge on any atom is -0.497 e. The third kappa shape index (κ3) is 4.60. The first-order chi connectivity index (χ1) is 12.5. The Hall–Kier alpha value is -2.11.